The standard InChI is InChI=1S/C17H18F4N4O5/c1-8(17(19,20)21)29-12-4-11(22-5-10(12)16(18)6-28-7-16)13(26)24-15(3,27)14-23-9(2)30-25-14/h4-5,8,27H,6-7H2,1-3H3,(H,24,26)/t8-,15-/m0/s1. The second-order valence-corrected chi connectivity index (χ2v) is 6.99. The average molecular weight is 434 g/mol. The number of nitrogens with zero attached hydrogens (tertiary/aromatic N) is 3. The monoisotopic (exact) mass is 434 g/mol. The van der Waals surface area contributed by atoms with Crippen molar-refractivity contribution in [1.29, 1.82) is 0 Å². The Morgan fingerprint density at radius 1 is 1.40 bits per heavy atom. The van der Waals surface area contributed by atoms with Gasteiger partial charge in [-0.3, -0.25) is 9.78 Å². The lowest BCUT2D eigenvalue weighted by molar-refractivity contribution is -0.190. The van der Waals surface area contributed by atoms with Crippen molar-refractivity contribution < 1.29 is 41.5 Å². The van der Waals surface area contributed by atoms with E-state index >= 15 is 0 Å². The van der Waals surface area contributed by atoms with Crippen molar-refractivity contribution in [1.82, 2.24) is 20.4 Å². The van der Waals surface area contributed by atoms with E-state index in [0.717, 1.165) is 26.1 Å². The van der Waals surface area contributed by atoms with Crippen molar-refractivity contribution in [3.63, 3.8) is 0 Å². The van der Waals surface area contributed by atoms with Crippen molar-refractivity contribution in [3.8, 4) is 5.75 Å². The fourth-order valence-electron chi connectivity index (χ4n) is 2.53. The molecule has 0 radical (unpaired) electrons. The van der Waals surface area contributed by atoms with Crippen molar-refractivity contribution in [2.75, 3.05) is 13.2 Å². The highest BCUT2D eigenvalue weighted by Gasteiger charge is 2.45. The van der Waals surface area contributed by atoms with Gasteiger partial charge in [-0.15, -0.1) is 0 Å². The van der Waals surface area contributed by atoms with Gasteiger partial charge >= 0.3 is 6.18 Å². The van der Waals surface area contributed by atoms with E-state index < -0.39 is 41.0 Å². The first-order valence-corrected chi connectivity index (χ1v) is 8.68. The van der Waals surface area contributed by atoms with Crippen LogP contribution in [0.4, 0.5) is 17.6 Å². The van der Waals surface area contributed by atoms with E-state index in [1.807, 2.05) is 0 Å². The van der Waals surface area contributed by atoms with Gasteiger partial charge in [-0.05, 0) is 13.8 Å². The third-order valence-electron chi connectivity index (χ3n) is 4.33. The normalized spacial score (nSPS) is 18.8. The number of aromatic nitrogens is 3. The molecule has 9 nitrogen and oxygen atoms in total. The van der Waals surface area contributed by atoms with Gasteiger partial charge in [0.15, 0.2) is 17.5 Å². The fourth-order valence-corrected chi connectivity index (χ4v) is 2.53. The van der Waals surface area contributed by atoms with E-state index in [0.29, 0.717) is 0 Å². The molecule has 2 N–H and O–H groups in total. The zero-order chi connectivity index (χ0) is 22.3. The first-order chi connectivity index (χ1) is 13.8. The number of hydrogen-bond donors (Lipinski definition) is 2. The molecule has 1 aliphatic heterocycles. The van der Waals surface area contributed by atoms with Crippen LogP contribution in [0.2, 0.25) is 0 Å². The number of aliphatic hydroxyl groups is 1. The Morgan fingerprint density at radius 3 is 2.57 bits per heavy atom. The molecule has 0 aromatic carbocycles. The molecule has 164 valence electrons. The Labute approximate surface area is 167 Å². The van der Waals surface area contributed by atoms with Crippen molar-refractivity contribution >= 4 is 5.91 Å². The van der Waals surface area contributed by atoms with Gasteiger partial charge in [0.05, 0.1) is 18.8 Å². The maximum Gasteiger partial charge on any atom is 0.425 e. The summed E-state index contributed by atoms with van der Waals surface area (Å²) < 4.78 is 68.0. The van der Waals surface area contributed by atoms with Gasteiger partial charge in [-0.1, -0.05) is 5.16 Å². The van der Waals surface area contributed by atoms with E-state index in [1.165, 1.54) is 6.92 Å². The molecule has 3 rings (SSSR count). The highest BCUT2D eigenvalue weighted by Crippen LogP contribution is 2.40. The molecule has 30 heavy (non-hydrogen) atoms. The molecule has 1 amide bonds. The van der Waals surface area contributed by atoms with E-state index in [2.05, 4.69) is 20.4 Å². The fraction of sp³-hybridized carbons (Fsp3) is 0.529. The SMILES string of the molecule is Cc1nc([C@](C)(O)NC(=O)c2cc(O[C@@H](C)C(F)(F)F)c(C3(F)COC3)cn2)no1. The summed E-state index contributed by atoms with van der Waals surface area (Å²) in [6.45, 7) is 2.60. The van der Waals surface area contributed by atoms with Crippen molar-refractivity contribution in [2.45, 2.75) is 44.4 Å². The molecule has 1 aliphatic rings. The number of carbonyl (C=O) groups excluding carboxylic acids is 1. The highest BCUT2D eigenvalue weighted by atomic mass is 19.4. The second-order valence-electron chi connectivity index (χ2n) is 6.99. The number of pyridine rings is 1. The molecule has 1 saturated heterocycles. The van der Waals surface area contributed by atoms with Gasteiger partial charge in [0.2, 0.25) is 11.7 Å². The Morgan fingerprint density at radius 2 is 2.07 bits per heavy atom. The quantitative estimate of drug-likeness (QED) is 0.523. The van der Waals surface area contributed by atoms with Crippen LogP contribution in [0.15, 0.2) is 16.8 Å². The molecule has 0 spiro atoms. The van der Waals surface area contributed by atoms with Crippen molar-refractivity contribution in [3.05, 3.63) is 35.2 Å². The smallest absolute Gasteiger partial charge is 0.425 e. The van der Waals surface area contributed by atoms with Gasteiger partial charge in [-0.25, -0.2) is 4.39 Å². The minimum atomic E-state index is -4.72. The zero-order valence-corrected chi connectivity index (χ0v) is 16.1. The van der Waals surface area contributed by atoms with Crippen LogP contribution in [0, 0.1) is 6.92 Å². The molecule has 13 heteroatoms. The van der Waals surface area contributed by atoms with Crippen LogP contribution in [0.5, 0.6) is 5.75 Å². The predicted molar refractivity (Wildman–Crippen MR) is 90.1 cm³/mol. The number of hydrogen-bond acceptors (Lipinski definition) is 8. The van der Waals surface area contributed by atoms with Crippen LogP contribution in [0.25, 0.3) is 0 Å². The Kier molecular flexibility index (Phi) is 5.45. The van der Waals surface area contributed by atoms with Gasteiger partial charge in [0.1, 0.15) is 11.4 Å². The molecule has 2 atom stereocenters. The number of alkyl halides is 4. The molecule has 0 aliphatic carbocycles. The maximum atomic E-state index is 14.8. The number of rotatable bonds is 6. The summed E-state index contributed by atoms with van der Waals surface area (Å²) in [7, 11) is 0. The third kappa shape index (κ3) is 4.36. The van der Waals surface area contributed by atoms with Crippen LogP contribution in [-0.4, -0.2) is 51.6 Å². The van der Waals surface area contributed by atoms with Crippen LogP contribution >= 0.6 is 0 Å². The minimum absolute atomic E-state index is 0.134. The Balaban J connectivity index is 1.89. The number of aryl methyl sites for hydroxylation is 1. The van der Waals surface area contributed by atoms with Crippen LogP contribution in [-0.2, 0) is 16.1 Å². The third-order valence-corrected chi connectivity index (χ3v) is 4.33. The largest absolute Gasteiger partial charge is 0.481 e. The number of ether oxygens (including phenoxy) is 2. The van der Waals surface area contributed by atoms with Crippen LogP contribution in [0.1, 0.15) is 41.6 Å². The van der Waals surface area contributed by atoms with E-state index in [9.17, 15) is 27.5 Å². The number of carbonyl (C=O) groups is 1. The molecule has 2 aromatic rings. The zero-order valence-electron chi connectivity index (χ0n) is 16.1. The van der Waals surface area contributed by atoms with Crippen LogP contribution < -0.4 is 10.1 Å². The molecule has 2 aromatic heterocycles. The van der Waals surface area contributed by atoms with E-state index in [-0.39, 0.29) is 30.5 Å². The lowest BCUT2D eigenvalue weighted by atomic mass is 9.94. The number of nitrogens with one attached hydrogen (secondary N) is 1. The highest BCUT2D eigenvalue weighted by molar-refractivity contribution is 5.93. The van der Waals surface area contributed by atoms with Crippen molar-refractivity contribution in [2.24, 2.45) is 0 Å². The lowest BCUT2D eigenvalue weighted by Crippen LogP contribution is -2.45. The second kappa shape index (κ2) is 7.47. The average Bonchev–Trinajstić information content (AvgIpc) is 3.06. The summed E-state index contributed by atoms with van der Waals surface area (Å²) in [4.78, 5) is 20.1. The maximum absolute atomic E-state index is 14.8. The number of halogens is 4. The van der Waals surface area contributed by atoms with Gasteiger partial charge in [-0.2, -0.15) is 18.2 Å². The first kappa shape index (κ1) is 21.9. The molecule has 0 unspecified atom stereocenters. The summed E-state index contributed by atoms with van der Waals surface area (Å²) in [6.07, 6.45) is -6.09. The first-order valence-electron chi connectivity index (χ1n) is 8.68. The van der Waals surface area contributed by atoms with Crippen LogP contribution in [0.3, 0.4) is 0 Å². The summed E-state index contributed by atoms with van der Waals surface area (Å²) in [6, 6.07) is 0.865. The molecule has 1 fully saturated rings. The van der Waals surface area contributed by atoms with Gasteiger partial charge < -0.3 is 24.4 Å². The van der Waals surface area contributed by atoms with E-state index in [4.69, 9.17) is 14.0 Å². The Bertz CT molecular complexity index is 942. The molecular weight excluding hydrogens is 416 g/mol. The molecule has 0 bridgehead atoms. The van der Waals surface area contributed by atoms with Gasteiger partial charge in [0.25, 0.3) is 5.91 Å². The predicted octanol–water partition coefficient (Wildman–Crippen LogP) is 1.89. The molecular formula is C17H18F4N4O5. The molecule has 0 saturated carbocycles. The number of amides is 1. The molecule has 3 heterocycles. The lowest BCUT2D eigenvalue weighted by Gasteiger charge is -2.35. The summed E-state index contributed by atoms with van der Waals surface area (Å²) in [5.41, 5.74) is -4.86. The summed E-state index contributed by atoms with van der Waals surface area (Å²) >= 11 is 0. The summed E-state index contributed by atoms with van der Waals surface area (Å²) in [5.74, 6) is -1.62. The minimum Gasteiger partial charge on any atom is -0.481 e. The Hall–Kier alpha value is -2.80. The van der Waals surface area contributed by atoms with Gasteiger partial charge in [0, 0.05) is 19.2 Å². The summed E-state index contributed by atoms with van der Waals surface area (Å²) in [5, 5.41) is 16.1. The van der Waals surface area contributed by atoms with E-state index in [1.54, 1.807) is 0 Å². The topological polar surface area (TPSA) is 120 Å².